The van der Waals surface area contributed by atoms with Crippen LogP contribution in [0.4, 0.5) is 0 Å². The Bertz CT molecular complexity index is 2940. The molecule has 0 fully saturated rings. The summed E-state index contributed by atoms with van der Waals surface area (Å²) in [5.74, 6) is 1.95. The van der Waals surface area contributed by atoms with Gasteiger partial charge in [-0.05, 0) is 68.8 Å². The number of nitrogens with zero attached hydrogens (tertiary/aromatic N) is 3. The van der Waals surface area contributed by atoms with Crippen LogP contribution in [-0.4, -0.2) is 15.0 Å². The quantitative estimate of drug-likeness (QED) is 0.165. The van der Waals surface area contributed by atoms with Crippen molar-refractivity contribution in [3.8, 4) is 78.7 Å². The first kappa shape index (κ1) is 32.6. The second-order valence-electron chi connectivity index (χ2n) is 13.6. The Morgan fingerprint density at radius 3 is 1.27 bits per heavy atom. The summed E-state index contributed by atoms with van der Waals surface area (Å²) in [5, 5.41) is 2.36. The Morgan fingerprint density at radius 2 is 0.673 bits per heavy atom. The molecule has 55 heavy (non-hydrogen) atoms. The van der Waals surface area contributed by atoms with Crippen LogP contribution in [0, 0.1) is 0 Å². The lowest BCUT2D eigenvalue weighted by atomic mass is 9.98. The van der Waals surface area contributed by atoms with Gasteiger partial charge in [-0.15, -0.1) is 11.3 Å². The van der Waals surface area contributed by atoms with Crippen LogP contribution in [-0.2, 0) is 0 Å². The fraction of sp³-hybridized carbons (Fsp3) is 0. The van der Waals surface area contributed by atoms with Gasteiger partial charge in [0.05, 0.1) is 0 Å². The number of fused-ring (bicyclic) bond motifs is 3. The first-order valence-electron chi connectivity index (χ1n) is 18.4. The van der Waals surface area contributed by atoms with E-state index in [9.17, 15) is 0 Å². The van der Waals surface area contributed by atoms with E-state index < -0.39 is 0 Å². The zero-order chi connectivity index (χ0) is 36.6. The summed E-state index contributed by atoms with van der Waals surface area (Å²) in [6.07, 6.45) is 0. The van der Waals surface area contributed by atoms with E-state index in [1.165, 1.54) is 48.2 Å². The fourth-order valence-corrected chi connectivity index (χ4v) is 8.45. The molecule has 0 saturated carbocycles. The first-order chi connectivity index (χ1) is 27.2. The molecule has 8 aromatic carbocycles. The fourth-order valence-electron chi connectivity index (χ4n) is 7.34. The molecule has 0 bridgehead atoms. The van der Waals surface area contributed by atoms with Crippen molar-refractivity contribution in [2.24, 2.45) is 0 Å². The maximum absolute atomic E-state index is 5.19. The molecule has 2 heterocycles. The molecule has 4 heteroatoms. The van der Waals surface area contributed by atoms with E-state index in [-0.39, 0.29) is 0 Å². The summed E-state index contributed by atoms with van der Waals surface area (Å²) < 4.78 is 2.44. The standard InChI is InChI=1S/C51H33N3S/c1-4-12-34(13-5-1)36-22-24-38(25-23-36)43-30-31-46-45(33-43)48-44(20-11-21-47(48)55-46)51-53-49(39-16-8-3-9-17-39)52-50(54-51)40-28-26-37(27-29-40)42-19-10-18-41(32-42)35-14-6-2-7-15-35/h1-33H. The topological polar surface area (TPSA) is 38.7 Å². The molecule has 0 aliphatic rings. The predicted octanol–water partition coefficient (Wildman–Crippen LogP) is 13.9. The summed E-state index contributed by atoms with van der Waals surface area (Å²) in [6, 6.07) is 70.5. The summed E-state index contributed by atoms with van der Waals surface area (Å²) in [4.78, 5) is 15.4. The minimum atomic E-state index is 0.643. The van der Waals surface area contributed by atoms with Gasteiger partial charge >= 0.3 is 0 Å². The second kappa shape index (κ2) is 14.1. The largest absolute Gasteiger partial charge is 0.208 e. The van der Waals surface area contributed by atoms with Crippen LogP contribution in [0.25, 0.3) is 98.8 Å². The Balaban J connectivity index is 1.06. The van der Waals surface area contributed by atoms with E-state index in [2.05, 4.69) is 176 Å². The minimum Gasteiger partial charge on any atom is -0.208 e. The van der Waals surface area contributed by atoms with Gasteiger partial charge in [-0.2, -0.15) is 0 Å². The normalized spacial score (nSPS) is 11.3. The molecule has 0 saturated heterocycles. The van der Waals surface area contributed by atoms with Crippen molar-refractivity contribution in [3.05, 3.63) is 200 Å². The minimum absolute atomic E-state index is 0.643. The third-order valence-corrected chi connectivity index (χ3v) is 11.3. The van der Waals surface area contributed by atoms with Gasteiger partial charge in [-0.3, -0.25) is 0 Å². The highest BCUT2D eigenvalue weighted by Gasteiger charge is 2.18. The van der Waals surface area contributed by atoms with Gasteiger partial charge in [0.25, 0.3) is 0 Å². The maximum Gasteiger partial charge on any atom is 0.164 e. The van der Waals surface area contributed by atoms with Gasteiger partial charge in [-0.25, -0.2) is 15.0 Å². The van der Waals surface area contributed by atoms with E-state index in [4.69, 9.17) is 15.0 Å². The molecule has 0 aliphatic heterocycles. The third-order valence-electron chi connectivity index (χ3n) is 10.2. The van der Waals surface area contributed by atoms with E-state index in [1.54, 1.807) is 11.3 Å². The Morgan fingerprint density at radius 1 is 0.273 bits per heavy atom. The Kier molecular flexibility index (Phi) is 8.36. The van der Waals surface area contributed by atoms with Gasteiger partial charge in [0.15, 0.2) is 17.5 Å². The van der Waals surface area contributed by atoms with Crippen molar-refractivity contribution in [3.63, 3.8) is 0 Å². The molecular formula is C51H33N3S. The van der Waals surface area contributed by atoms with Crippen LogP contribution in [0.2, 0.25) is 0 Å². The molecule has 0 amide bonds. The zero-order valence-corrected chi connectivity index (χ0v) is 30.6. The van der Waals surface area contributed by atoms with E-state index in [0.717, 1.165) is 33.2 Å². The third kappa shape index (κ3) is 6.39. The van der Waals surface area contributed by atoms with Crippen LogP contribution in [0.15, 0.2) is 200 Å². The maximum atomic E-state index is 5.19. The molecule has 10 rings (SSSR count). The molecule has 0 N–H and O–H groups in total. The monoisotopic (exact) mass is 719 g/mol. The highest BCUT2D eigenvalue weighted by atomic mass is 32.1. The number of aromatic nitrogens is 3. The highest BCUT2D eigenvalue weighted by molar-refractivity contribution is 7.26. The van der Waals surface area contributed by atoms with Gasteiger partial charge in [-0.1, -0.05) is 176 Å². The molecule has 0 atom stereocenters. The van der Waals surface area contributed by atoms with Gasteiger partial charge in [0, 0.05) is 36.9 Å². The smallest absolute Gasteiger partial charge is 0.164 e. The van der Waals surface area contributed by atoms with Crippen molar-refractivity contribution >= 4 is 31.5 Å². The summed E-state index contributed by atoms with van der Waals surface area (Å²) in [6.45, 7) is 0. The lowest BCUT2D eigenvalue weighted by Crippen LogP contribution is -2.00. The average molecular weight is 720 g/mol. The first-order valence-corrected chi connectivity index (χ1v) is 19.2. The zero-order valence-electron chi connectivity index (χ0n) is 29.8. The van der Waals surface area contributed by atoms with Crippen LogP contribution in [0.1, 0.15) is 0 Å². The molecule has 258 valence electrons. The van der Waals surface area contributed by atoms with Crippen LogP contribution < -0.4 is 0 Å². The Hall–Kier alpha value is -7.01. The average Bonchev–Trinajstić information content (AvgIpc) is 3.66. The number of benzene rings is 8. The molecule has 0 spiro atoms. The number of rotatable bonds is 7. The van der Waals surface area contributed by atoms with Crippen molar-refractivity contribution in [2.75, 3.05) is 0 Å². The lowest BCUT2D eigenvalue weighted by molar-refractivity contribution is 1.08. The summed E-state index contributed by atoms with van der Waals surface area (Å²) >= 11 is 1.80. The molecular weight excluding hydrogens is 687 g/mol. The van der Waals surface area contributed by atoms with Crippen molar-refractivity contribution < 1.29 is 0 Å². The predicted molar refractivity (Wildman–Crippen MR) is 231 cm³/mol. The van der Waals surface area contributed by atoms with Crippen LogP contribution >= 0.6 is 11.3 Å². The van der Waals surface area contributed by atoms with Crippen LogP contribution in [0.3, 0.4) is 0 Å². The lowest BCUT2D eigenvalue weighted by Gasteiger charge is -2.11. The van der Waals surface area contributed by atoms with Crippen LogP contribution in [0.5, 0.6) is 0 Å². The van der Waals surface area contributed by atoms with Gasteiger partial charge in [0.1, 0.15) is 0 Å². The molecule has 0 aliphatic carbocycles. The van der Waals surface area contributed by atoms with Crippen molar-refractivity contribution in [1.29, 1.82) is 0 Å². The number of hydrogen-bond acceptors (Lipinski definition) is 4. The molecule has 2 aromatic heterocycles. The van der Waals surface area contributed by atoms with Gasteiger partial charge in [0.2, 0.25) is 0 Å². The van der Waals surface area contributed by atoms with E-state index in [1.807, 2.05) is 24.3 Å². The summed E-state index contributed by atoms with van der Waals surface area (Å²) in [7, 11) is 0. The molecule has 0 unspecified atom stereocenters. The van der Waals surface area contributed by atoms with Gasteiger partial charge < -0.3 is 0 Å². The second-order valence-corrected chi connectivity index (χ2v) is 14.7. The Labute approximate surface area is 323 Å². The molecule has 10 aromatic rings. The highest BCUT2D eigenvalue weighted by Crippen LogP contribution is 2.41. The SMILES string of the molecule is c1ccc(-c2ccc(-c3ccc4sc5cccc(-c6nc(-c7ccccc7)nc(-c7ccc(-c8cccc(-c9ccccc9)c8)cc7)n6)c5c4c3)cc2)cc1. The van der Waals surface area contributed by atoms with E-state index in [0.29, 0.717) is 17.5 Å². The molecule has 0 radical (unpaired) electrons. The van der Waals surface area contributed by atoms with Crippen molar-refractivity contribution in [2.45, 2.75) is 0 Å². The molecule has 3 nitrogen and oxygen atoms in total. The summed E-state index contributed by atoms with van der Waals surface area (Å²) in [5.41, 5.74) is 12.4. The van der Waals surface area contributed by atoms with Crippen molar-refractivity contribution in [1.82, 2.24) is 15.0 Å². The number of thiophene rings is 1. The van der Waals surface area contributed by atoms with E-state index >= 15 is 0 Å². The number of hydrogen-bond donors (Lipinski definition) is 0.